The number of carboxylic acids is 1. The van der Waals surface area contributed by atoms with Crippen molar-refractivity contribution in [3.63, 3.8) is 0 Å². The molecule has 0 spiro atoms. The Bertz CT molecular complexity index is 238. The van der Waals surface area contributed by atoms with Gasteiger partial charge in [0.2, 0.25) is 0 Å². The zero-order chi connectivity index (χ0) is 10.8. The molecule has 3 nitrogen and oxygen atoms in total. The van der Waals surface area contributed by atoms with Gasteiger partial charge >= 0.3 is 5.97 Å². The molecule has 0 aromatic carbocycles. The van der Waals surface area contributed by atoms with Crippen molar-refractivity contribution in [2.24, 2.45) is 17.8 Å². The zero-order valence-electron chi connectivity index (χ0n) is 9.48. The molecule has 2 rings (SSSR count). The summed E-state index contributed by atoms with van der Waals surface area (Å²) < 4.78 is 0. The summed E-state index contributed by atoms with van der Waals surface area (Å²) in [5.41, 5.74) is 0. The van der Waals surface area contributed by atoms with Gasteiger partial charge < -0.3 is 10.0 Å². The summed E-state index contributed by atoms with van der Waals surface area (Å²) in [6, 6.07) is 0. The second kappa shape index (κ2) is 4.52. The molecule has 0 aromatic rings. The third-order valence-corrected chi connectivity index (χ3v) is 3.82. The fraction of sp³-hybridized carbons (Fsp3) is 0.917. The highest BCUT2D eigenvalue weighted by Crippen LogP contribution is 2.41. The number of nitrogens with zero attached hydrogens (tertiary/aromatic N) is 1. The zero-order valence-corrected chi connectivity index (χ0v) is 9.48. The quantitative estimate of drug-likeness (QED) is 0.771. The number of likely N-dealkylation sites (tertiary alicyclic amines) is 1. The maximum Gasteiger partial charge on any atom is 0.306 e. The van der Waals surface area contributed by atoms with E-state index in [4.69, 9.17) is 5.11 Å². The molecule has 3 heteroatoms. The van der Waals surface area contributed by atoms with Gasteiger partial charge in [-0.25, -0.2) is 0 Å². The molecule has 1 aliphatic heterocycles. The highest BCUT2D eigenvalue weighted by Gasteiger charge is 2.37. The number of piperidine rings is 1. The number of rotatable bonds is 4. The molecule has 0 bridgehead atoms. The van der Waals surface area contributed by atoms with Crippen LogP contribution in [-0.2, 0) is 4.79 Å². The largest absolute Gasteiger partial charge is 0.481 e. The normalized spacial score (nSPS) is 30.1. The van der Waals surface area contributed by atoms with Crippen LogP contribution < -0.4 is 0 Å². The minimum absolute atomic E-state index is 0.0542. The van der Waals surface area contributed by atoms with E-state index in [0.29, 0.717) is 11.8 Å². The first-order chi connectivity index (χ1) is 7.16. The first-order valence-corrected chi connectivity index (χ1v) is 6.08. The Balaban J connectivity index is 1.85. The van der Waals surface area contributed by atoms with Gasteiger partial charge in [-0.3, -0.25) is 4.79 Å². The van der Waals surface area contributed by atoms with Crippen molar-refractivity contribution >= 4 is 5.97 Å². The van der Waals surface area contributed by atoms with E-state index < -0.39 is 5.97 Å². The predicted molar refractivity (Wildman–Crippen MR) is 58.7 cm³/mol. The van der Waals surface area contributed by atoms with Crippen LogP contribution >= 0.6 is 0 Å². The van der Waals surface area contributed by atoms with Gasteiger partial charge in [-0.05, 0) is 57.5 Å². The molecular weight excluding hydrogens is 190 g/mol. The monoisotopic (exact) mass is 211 g/mol. The maximum atomic E-state index is 11.1. The molecule has 15 heavy (non-hydrogen) atoms. The van der Waals surface area contributed by atoms with Crippen LogP contribution in [0.15, 0.2) is 0 Å². The van der Waals surface area contributed by atoms with E-state index in [9.17, 15) is 4.79 Å². The topological polar surface area (TPSA) is 40.5 Å². The van der Waals surface area contributed by atoms with Crippen molar-refractivity contribution in [2.45, 2.75) is 32.1 Å². The van der Waals surface area contributed by atoms with Crippen LogP contribution in [-0.4, -0.2) is 36.1 Å². The molecule has 2 atom stereocenters. The van der Waals surface area contributed by atoms with Gasteiger partial charge in [-0.2, -0.15) is 0 Å². The predicted octanol–water partition coefficient (Wildman–Crippen LogP) is 1.83. The Labute approximate surface area is 91.5 Å². The lowest BCUT2D eigenvalue weighted by molar-refractivity contribution is -0.143. The maximum absolute atomic E-state index is 11.1. The highest BCUT2D eigenvalue weighted by molar-refractivity contribution is 5.70. The molecule has 0 amide bonds. The van der Waals surface area contributed by atoms with Crippen molar-refractivity contribution in [2.75, 3.05) is 20.1 Å². The van der Waals surface area contributed by atoms with Gasteiger partial charge in [0.05, 0.1) is 5.92 Å². The highest BCUT2D eigenvalue weighted by atomic mass is 16.4. The van der Waals surface area contributed by atoms with Gasteiger partial charge in [0.25, 0.3) is 0 Å². The van der Waals surface area contributed by atoms with E-state index >= 15 is 0 Å². The lowest BCUT2D eigenvalue weighted by Crippen LogP contribution is -2.34. The number of aliphatic carboxylic acids is 1. The van der Waals surface area contributed by atoms with Crippen LogP contribution in [0, 0.1) is 17.8 Å². The summed E-state index contributed by atoms with van der Waals surface area (Å²) in [5.74, 6) is 0.493. The van der Waals surface area contributed by atoms with Crippen LogP contribution in [0.4, 0.5) is 0 Å². The lowest BCUT2D eigenvalue weighted by Gasteiger charge is -2.31. The van der Waals surface area contributed by atoms with E-state index in [1.807, 2.05) is 0 Å². The van der Waals surface area contributed by atoms with Crippen molar-refractivity contribution in [3.8, 4) is 0 Å². The van der Waals surface area contributed by atoms with Gasteiger partial charge in [0, 0.05) is 6.54 Å². The number of hydrogen-bond donors (Lipinski definition) is 1. The fourth-order valence-corrected chi connectivity index (χ4v) is 2.82. The van der Waals surface area contributed by atoms with Crippen molar-refractivity contribution in [1.29, 1.82) is 0 Å². The molecular formula is C12H21NO2. The molecule has 1 heterocycles. The molecule has 1 saturated heterocycles. The number of carboxylic acid groups (broad SMARTS) is 1. The Kier molecular flexibility index (Phi) is 3.29. The summed E-state index contributed by atoms with van der Waals surface area (Å²) in [6.45, 7) is 2.27. The van der Waals surface area contributed by atoms with Crippen molar-refractivity contribution < 1.29 is 9.90 Å². The molecule has 1 aliphatic carbocycles. The molecule has 0 radical (unpaired) electrons. The van der Waals surface area contributed by atoms with Crippen LogP contribution in [0.25, 0.3) is 0 Å². The molecule has 2 unspecified atom stereocenters. The minimum atomic E-state index is -0.564. The smallest absolute Gasteiger partial charge is 0.306 e. The summed E-state index contributed by atoms with van der Waals surface area (Å²) in [4.78, 5) is 13.5. The Morgan fingerprint density at radius 3 is 2.73 bits per heavy atom. The molecule has 86 valence electrons. The van der Waals surface area contributed by atoms with Gasteiger partial charge in [0.15, 0.2) is 0 Å². The SMILES string of the molecule is CN1CCCC(CC(C(=O)O)C2CC2)C1. The van der Waals surface area contributed by atoms with Crippen LogP contribution in [0.2, 0.25) is 0 Å². The summed E-state index contributed by atoms with van der Waals surface area (Å²) in [5, 5.41) is 9.17. The van der Waals surface area contributed by atoms with Crippen LogP contribution in [0.1, 0.15) is 32.1 Å². The average Bonchev–Trinajstić information content (AvgIpc) is 2.97. The number of hydrogen-bond acceptors (Lipinski definition) is 2. The van der Waals surface area contributed by atoms with E-state index in [2.05, 4.69) is 11.9 Å². The van der Waals surface area contributed by atoms with Gasteiger partial charge in [-0.15, -0.1) is 0 Å². The van der Waals surface area contributed by atoms with Gasteiger partial charge in [-0.1, -0.05) is 0 Å². The van der Waals surface area contributed by atoms with Crippen molar-refractivity contribution in [1.82, 2.24) is 4.90 Å². The number of carbonyl (C=O) groups is 1. The molecule has 2 fully saturated rings. The standard InChI is InChI=1S/C12H21NO2/c1-13-6-2-3-9(8-13)7-11(12(14)15)10-4-5-10/h9-11H,2-8H2,1H3,(H,14,15). The Morgan fingerprint density at radius 1 is 1.47 bits per heavy atom. The fourth-order valence-electron chi connectivity index (χ4n) is 2.82. The lowest BCUT2D eigenvalue weighted by atomic mass is 9.86. The minimum Gasteiger partial charge on any atom is -0.481 e. The third-order valence-electron chi connectivity index (χ3n) is 3.82. The summed E-state index contributed by atoms with van der Waals surface area (Å²) in [7, 11) is 2.14. The van der Waals surface area contributed by atoms with Crippen molar-refractivity contribution in [3.05, 3.63) is 0 Å². The second-order valence-electron chi connectivity index (χ2n) is 5.29. The summed E-state index contributed by atoms with van der Waals surface area (Å²) in [6.07, 6.45) is 5.64. The van der Waals surface area contributed by atoms with E-state index in [0.717, 1.165) is 25.8 Å². The molecule has 2 aliphatic rings. The Morgan fingerprint density at radius 2 is 2.20 bits per heavy atom. The van der Waals surface area contributed by atoms with E-state index in [-0.39, 0.29) is 5.92 Å². The molecule has 1 saturated carbocycles. The van der Waals surface area contributed by atoms with Crippen LogP contribution in [0.5, 0.6) is 0 Å². The van der Waals surface area contributed by atoms with E-state index in [1.165, 1.54) is 19.4 Å². The Hall–Kier alpha value is -0.570. The average molecular weight is 211 g/mol. The first kappa shape index (κ1) is 10.9. The van der Waals surface area contributed by atoms with Crippen LogP contribution in [0.3, 0.4) is 0 Å². The van der Waals surface area contributed by atoms with E-state index in [1.54, 1.807) is 0 Å². The van der Waals surface area contributed by atoms with Gasteiger partial charge in [0.1, 0.15) is 0 Å². The summed E-state index contributed by atoms with van der Waals surface area (Å²) >= 11 is 0. The molecule has 0 aromatic heterocycles. The first-order valence-electron chi connectivity index (χ1n) is 6.08. The third kappa shape index (κ3) is 2.94. The molecule has 1 N–H and O–H groups in total. The second-order valence-corrected chi connectivity index (χ2v) is 5.29.